The molecule has 0 unspecified atom stereocenters. The summed E-state index contributed by atoms with van der Waals surface area (Å²) in [5.41, 5.74) is 18.8. The van der Waals surface area contributed by atoms with Crippen LogP contribution in [0.25, 0.3) is 54.6 Å². The topological polar surface area (TPSA) is 19.6 Å². The van der Waals surface area contributed by atoms with E-state index in [0.29, 0.717) is 0 Å². The molecule has 298 valence electrons. The lowest BCUT2D eigenvalue weighted by atomic mass is 9.37. The van der Waals surface area contributed by atoms with Crippen LogP contribution in [0.4, 0.5) is 34.1 Å². The van der Waals surface area contributed by atoms with Crippen LogP contribution in [-0.4, -0.2) is 6.71 Å². The third kappa shape index (κ3) is 6.05. The minimum atomic E-state index is 0.0363. The lowest BCUT2D eigenvalue weighted by molar-refractivity contribution is 0.669. The van der Waals surface area contributed by atoms with Crippen LogP contribution < -0.4 is 26.2 Å². The fraction of sp³-hybridized carbons (Fsp3) is 0.0508. The number of hydrogen-bond acceptors (Lipinski definition) is 3. The molecule has 0 aliphatic carbocycles. The molecule has 10 aromatic carbocycles. The van der Waals surface area contributed by atoms with Crippen molar-refractivity contribution < 1.29 is 4.42 Å². The smallest absolute Gasteiger partial charge is 0.243 e. The van der Waals surface area contributed by atoms with Crippen molar-refractivity contribution in [1.82, 2.24) is 0 Å². The average molecular weight is 807 g/mol. The molecule has 3 nitrogen and oxygen atoms in total. The summed E-state index contributed by atoms with van der Waals surface area (Å²) in [4.78, 5) is 4.77. The first-order valence-corrected chi connectivity index (χ1v) is 21.9. The van der Waals surface area contributed by atoms with Gasteiger partial charge in [0.15, 0.2) is 0 Å². The van der Waals surface area contributed by atoms with Crippen LogP contribution in [0, 0.1) is 20.8 Å². The Morgan fingerprint density at radius 3 is 1.49 bits per heavy atom. The largest absolute Gasteiger partial charge is 0.456 e. The molecular weight excluding hydrogens is 763 g/mol. The van der Waals surface area contributed by atoms with Crippen molar-refractivity contribution in [2.75, 3.05) is 9.80 Å². The van der Waals surface area contributed by atoms with E-state index in [1.165, 1.54) is 65.8 Å². The van der Waals surface area contributed by atoms with Gasteiger partial charge in [0.1, 0.15) is 11.2 Å². The van der Waals surface area contributed by atoms with E-state index >= 15 is 0 Å². The van der Waals surface area contributed by atoms with E-state index < -0.39 is 0 Å². The number of benzene rings is 10. The van der Waals surface area contributed by atoms with Gasteiger partial charge < -0.3 is 14.2 Å². The zero-order chi connectivity index (χ0) is 42.2. The number of furan rings is 1. The highest BCUT2D eigenvalue weighted by atomic mass is 16.3. The number of aryl methyl sites for hydroxylation is 3. The number of rotatable bonds is 7. The molecule has 0 bridgehead atoms. The van der Waals surface area contributed by atoms with Gasteiger partial charge in [-0.1, -0.05) is 167 Å². The monoisotopic (exact) mass is 806 g/mol. The van der Waals surface area contributed by atoms with Gasteiger partial charge in [0.25, 0.3) is 0 Å². The fourth-order valence-corrected chi connectivity index (χ4v) is 10.6. The summed E-state index contributed by atoms with van der Waals surface area (Å²) in [6.07, 6.45) is 0. The maximum Gasteiger partial charge on any atom is 0.243 e. The Morgan fingerprint density at radius 1 is 0.365 bits per heavy atom. The molecule has 1 aliphatic heterocycles. The molecule has 12 rings (SSSR count). The lowest BCUT2D eigenvalue weighted by Crippen LogP contribution is -2.51. The Kier molecular flexibility index (Phi) is 8.62. The molecule has 11 aromatic rings. The van der Waals surface area contributed by atoms with E-state index in [-0.39, 0.29) is 6.71 Å². The van der Waals surface area contributed by atoms with Crippen molar-refractivity contribution in [2.24, 2.45) is 0 Å². The molecule has 0 saturated carbocycles. The maximum absolute atomic E-state index is 6.93. The summed E-state index contributed by atoms with van der Waals surface area (Å²) < 4.78 is 6.93. The first-order valence-electron chi connectivity index (χ1n) is 21.9. The first-order chi connectivity index (χ1) is 31.0. The summed E-state index contributed by atoms with van der Waals surface area (Å²) in [6.45, 7) is 6.81. The highest BCUT2D eigenvalue weighted by molar-refractivity contribution is 6.99. The third-order valence-electron chi connectivity index (χ3n) is 13.2. The van der Waals surface area contributed by atoms with E-state index in [0.717, 1.165) is 56.1 Å². The SMILES string of the molecule is Cc1cc(C)c(B2c3cc(N(c4ccccc4)c4cccc5ccccc45)ccc3-c3cc4oc5cc(N(c6ccccc6)c6cccc7ccccc67)ccc5c4cc32)c(C)c1. The standard InChI is InChI=1S/C59H43BN2O/c1-38-32-39(2)59(40(3)33-38)60-53-34-45(61(43-20-6-4-7-21-43)55-26-14-18-41-16-10-12-24-47(41)55)28-30-49(53)51-37-58-52(36-54(51)60)50-31-29-46(35-57(50)63-58)62(44-22-8-5-9-23-44)56-27-15-19-42-17-11-13-25-48(42)56/h4-37H,1-3H3. The molecule has 4 heteroatoms. The molecule has 0 amide bonds. The van der Waals surface area contributed by atoms with Gasteiger partial charge in [-0.3, -0.25) is 0 Å². The Morgan fingerprint density at radius 2 is 0.873 bits per heavy atom. The molecule has 2 heterocycles. The molecule has 0 spiro atoms. The molecule has 0 saturated heterocycles. The molecule has 0 radical (unpaired) electrons. The molecule has 0 fully saturated rings. The van der Waals surface area contributed by atoms with Gasteiger partial charge in [-0.15, -0.1) is 0 Å². The Balaban J connectivity index is 1.05. The van der Waals surface area contributed by atoms with Crippen molar-refractivity contribution in [2.45, 2.75) is 20.8 Å². The summed E-state index contributed by atoms with van der Waals surface area (Å²) in [5, 5.41) is 7.08. The van der Waals surface area contributed by atoms with E-state index in [4.69, 9.17) is 4.42 Å². The lowest BCUT2D eigenvalue weighted by Gasteiger charge is -2.28. The van der Waals surface area contributed by atoms with Crippen molar-refractivity contribution in [3.8, 4) is 11.1 Å². The van der Waals surface area contributed by atoms with Crippen molar-refractivity contribution in [3.63, 3.8) is 0 Å². The van der Waals surface area contributed by atoms with Crippen LogP contribution in [-0.2, 0) is 0 Å². The number of nitrogens with zero attached hydrogens (tertiary/aromatic N) is 2. The van der Waals surface area contributed by atoms with Gasteiger partial charge in [0.05, 0.1) is 11.4 Å². The third-order valence-corrected chi connectivity index (χ3v) is 13.2. The van der Waals surface area contributed by atoms with Crippen molar-refractivity contribution in [3.05, 3.63) is 223 Å². The minimum absolute atomic E-state index is 0.0363. The summed E-state index contributed by atoms with van der Waals surface area (Å²) in [6, 6.07) is 75.1. The zero-order valence-electron chi connectivity index (χ0n) is 35.5. The van der Waals surface area contributed by atoms with Crippen LogP contribution >= 0.6 is 0 Å². The van der Waals surface area contributed by atoms with Crippen LogP contribution in [0.2, 0.25) is 0 Å². The quantitative estimate of drug-likeness (QED) is 0.150. The Bertz CT molecular complexity index is 3540. The van der Waals surface area contributed by atoms with Crippen molar-refractivity contribution >= 4 is 101 Å². The highest BCUT2D eigenvalue weighted by Gasteiger charge is 2.37. The zero-order valence-corrected chi connectivity index (χ0v) is 35.5. The summed E-state index contributed by atoms with van der Waals surface area (Å²) >= 11 is 0. The van der Waals surface area contributed by atoms with Gasteiger partial charge in [-0.05, 0) is 109 Å². The molecular formula is C59H43BN2O. The second-order valence-electron chi connectivity index (χ2n) is 17.1. The van der Waals surface area contributed by atoms with Crippen LogP contribution in [0.15, 0.2) is 211 Å². The molecule has 1 aromatic heterocycles. The van der Waals surface area contributed by atoms with E-state index in [9.17, 15) is 0 Å². The predicted molar refractivity (Wildman–Crippen MR) is 269 cm³/mol. The van der Waals surface area contributed by atoms with Crippen LogP contribution in [0.5, 0.6) is 0 Å². The summed E-state index contributed by atoms with van der Waals surface area (Å²) in [7, 11) is 0. The number of anilines is 6. The molecule has 1 aliphatic rings. The second kappa shape index (κ2) is 14.7. The summed E-state index contributed by atoms with van der Waals surface area (Å²) in [5.74, 6) is 0. The van der Waals surface area contributed by atoms with Gasteiger partial charge in [0, 0.05) is 50.4 Å². The van der Waals surface area contributed by atoms with Crippen LogP contribution in [0.1, 0.15) is 16.7 Å². The van der Waals surface area contributed by atoms with Gasteiger partial charge in [-0.2, -0.15) is 0 Å². The number of hydrogen-bond donors (Lipinski definition) is 0. The number of fused-ring (bicyclic) bond motifs is 8. The van der Waals surface area contributed by atoms with E-state index in [1.807, 2.05) is 0 Å². The first kappa shape index (κ1) is 37.0. The predicted octanol–water partition coefficient (Wildman–Crippen LogP) is 14.3. The highest BCUT2D eigenvalue weighted by Crippen LogP contribution is 2.43. The van der Waals surface area contributed by atoms with Gasteiger partial charge >= 0.3 is 0 Å². The number of para-hydroxylation sites is 2. The molecule has 0 atom stereocenters. The maximum atomic E-state index is 6.93. The fourth-order valence-electron chi connectivity index (χ4n) is 10.6. The van der Waals surface area contributed by atoms with E-state index in [1.54, 1.807) is 0 Å². The van der Waals surface area contributed by atoms with Gasteiger partial charge in [-0.25, -0.2) is 0 Å². The normalized spacial score (nSPS) is 12.0. The minimum Gasteiger partial charge on any atom is -0.456 e. The van der Waals surface area contributed by atoms with E-state index in [2.05, 4.69) is 237 Å². The molecule has 63 heavy (non-hydrogen) atoms. The second-order valence-corrected chi connectivity index (χ2v) is 17.1. The molecule has 0 N–H and O–H groups in total. The van der Waals surface area contributed by atoms with Gasteiger partial charge in [0.2, 0.25) is 6.71 Å². The Labute approximate surface area is 368 Å². The van der Waals surface area contributed by atoms with Crippen LogP contribution in [0.3, 0.4) is 0 Å². The average Bonchev–Trinajstić information content (AvgIpc) is 3.82. The van der Waals surface area contributed by atoms with Crippen molar-refractivity contribution in [1.29, 1.82) is 0 Å². The Hall–Kier alpha value is -7.82.